The maximum absolute atomic E-state index is 12.6. The molecule has 0 saturated heterocycles. The number of aromatic nitrogens is 1. The molecule has 0 unspecified atom stereocenters. The van der Waals surface area contributed by atoms with Gasteiger partial charge in [0.1, 0.15) is 0 Å². The van der Waals surface area contributed by atoms with Gasteiger partial charge in [-0.2, -0.15) is 13.2 Å². The SMILES string of the molecule is ON=Cc1cc(-c2ncc(C(F)(F)F)cc2Cl)ccc1Cl. The molecule has 2 rings (SSSR count). The van der Waals surface area contributed by atoms with E-state index in [1.807, 2.05) is 0 Å². The van der Waals surface area contributed by atoms with Gasteiger partial charge < -0.3 is 5.21 Å². The van der Waals surface area contributed by atoms with Crippen LogP contribution in [0, 0.1) is 0 Å². The number of alkyl halides is 3. The lowest BCUT2D eigenvalue weighted by atomic mass is 10.1. The predicted molar refractivity (Wildman–Crippen MR) is 74.1 cm³/mol. The molecule has 3 nitrogen and oxygen atoms in total. The van der Waals surface area contributed by atoms with Crippen molar-refractivity contribution in [2.75, 3.05) is 0 Å². The van der Waals surface area contributed by atoms with E-state index < -0.39 is 11.7 Å². The Morgan fingerprint density at radius 3 is 2.43 bits per heavy atom. The van der Waals surface area contributed by atoms with Crippen LogP contribution < -0.4 is 0 Å². The van der Waals surface area contributed by atoms with Crippen molar-refractivity contribution in [1.29, 1.82) is 0 Å². The highest BCUT2D eigenvalue weighted by atomic mass is 35.5. The van der Waals surface area contributed by atoms with E-state index >= 15 is 0 Å². The first kappa shape index (κ1) is 15.6. The van der Waals surface area contributed by atoms with Crippen molar-refractivity contribution in [2.24, 2.45) is 5.16 Å². The summed E-state index contributed by atoms with van der Waals surface area (Å²) in [4.78, 5) is 3.74. The van der Waals surface area contributed by atoms with E-state index in [0.717, 1.165) is 12.3 Å². The molecule has 0 bridgehead atoms. The Kier molecular flexibility index (Phi) is 4.39. The molecule has 0 aliphatic heterocycles. The Bertz CT molecular complexity index is 702. The summed E-state index contributed by atoms with van der Waals surface area (Å²) in [5.74, 6) is 0. The summed E-state index contributed by atoms with van der Waals surface area (Å²) in [6.07, 6.45) is -2.71. The summed E-state index contributed by atoms with van der Waals surface area (Å²) in [7, 11) is 0. The molecule has 0 saturated carbocycles. The average molecular weight is 335 g/mol. The zero-order chi connectivity index (χ0) is 15.6. The summed E-state index contributed by atoms with van der Waals surface area (Å²) >= 11 is 11.7. The van der Waals surface area contributed by atoms with Gasteiger partial charge in [-0.15, -0.1) is 0 Å². The summed E-state index contributed by atoms with van der Waals surface area (Å²) in [5, 5.41) is 11.6. The van der Waals surface area contributed by atoms with Crippen molar-refractivity contribution in [3.05, 3.63) is 51.6 Å². The first-order valence-corrected chi connectivity index (χ1v) is 6.28. The van der Waals surface area contributed by atoms with E-state index in [-0.39, 0.29) is 10.7 Å². The molecule has 0 spiro atoms. The molecule has 0 aliphatic carbocycles. The van der Waals surface area contributed by atoms with E-state index in [9.17, 15) is 13.2 Å². The molecule has 0 amide bonds. The number of oxime groups is 1. The number of rotatable bonds is 2. The van der Waals surface area contributed by atoms with Crippen LogP contribution in [0.2, 0.25) is 10.0 Å². The number of hydrogen-bond donors (Lipinski definition) is 1. The van der Waals surface area contributed by atoms with E-state index in [4.69, 9.17) is 28.4 Å². The molecule has 21 heavy (non-hydrogen) atoms. The molecule has 110 valence electrons. The van der Waals surface area contributed by atoms with Gasteiger partial charge in [0.05, 0.1) is 22.5 Å². The third kappa shape index (κ3) is 3.46. The largest absolute Gasteiger partial charge is 0.417 e. The van der Waals surface area contributed by atoms with E-state index in [1.165, 1.54) is 12.1 Å². The van der Waals surface area contributed by atoms with Crippen molar-refractivity contribution in [3.63, 3.8) is 0 Å². The molecule has 1 aromatic heterocycles. The summed E-state index contributed by atoms with van der Waals surface area (Å²) < 4.78 is 37.7. The zero-order valence-electron chi connectivity index (χ0n) is 10.2. The standard InChI is InChI=1S/C13H7Cl2F3N2O/c14-10-2-1-7(3-8(10)5-20-21)12-11(15)4-9(6-19-12)13(16,17)18/h1-6,21H. The Morgan fingerprint density at radius 1 is 1.14 bits per heavy atom. The van der Waals surface area contributed by atoms with Gasteiger partial charge >= 0.3 is 6.18 Å². The van der Waals surface area contributed by atoms with Crippen LogP contribution in [0.5, 0.6) is 0 Å². The first-order valence-electron chi connectivity index (χ1n) is 5.53. The minimum absolute atomic E-state index is 0.140. The van der Waals surface area contributed by atoms with Crippen LogP contribution in [-0.4, -0.2) is 16.4 Å². The fraction of sp³-hybridized carbons (Fsp3) is 0.0769. The zero-order valence-corrected chi connectivity index (χ0v) is 11.7. The normalized spacial score (nSPS) is 12.0. The van der Waals surface area contributed by atoms with Crippen LogP contribution in [-0.2, 0) is 6.18 Å². The highest BCUT2D eigenvalue weighted by Crippen LogP contribution is 2.34. The molecule has 1 heterocycles. The Labute approximate surface area is 127 Å². The van der Waals surface area contributed by atoms with Crippen LogP contribution >= 0.6 is 23.2 Å². The second-order valence-electron chi connectivity index (χ2n) is 4.03. The maximum atomic E-state index is 12.6. The van der Waals surface area contributed by atoms with Gasteiger partial charge in [-0.3, -0.25) is 4.98 Å². The number of halogens is 5. The van der Waals surface area contributed by atoms with Gasteiger partial charge in [-0.1, -0.05) is 34.4 Å². The Morgan fingerprint density at radius 2 is 1.86 bits per heavy atom. The van der Waals surface area contributed by atoms with Gasteiger partial charge in [-0.05, 0) is 18.2 Å². The molecular weight excluding hydrogens is 328 g/mol. The molecule has 2 aromatic rings. The monoisotopic (exact) mass is 334 g/mol. The quantitative estimate of drug-likeness (QED) is 0.483. The first-order chi connectivity index (χ1) is 9.82. The molecule has 0 radical (unpaired) electrons. The van der Waals surface area contributed by atoms with Gasteiger partial charge in [0.15, 0.2) is 0 Å². The minimum atomic E-state index is -4.51. The topological polar surface area (TPSA) is 45.5 Å². The van der Waals surface area contributed by atoms with E-state index in [0.29, 0.717) is 22.3 Å². The van der Waals surface area contributed by atoms with Gasteiger partial charge in [0.25, 0.3) is 0 Å². The van der Waals surface area contributed by atoms with Crippen molar-refractivity contribution < 1.29 is 18.4 Å². The number of pyridine rings is 1. The van der Waals surface area contributed by atoms with E-state index in [1.54, 1.807) is 6.07 Å². The highest BCUT2D eigenvalue weighted by Gasteiger charge is 2.31. The lowest BCUT2D eigenvalue weighted by Gasteiger charge is -2.10. The summed E-state index contributed by atoms with van der Waals surface area (Å²) in [6.45, 7) is 0. The third-order valence-corrected chi connectivity index (χ3v) is 3.27. The van der Waals surface area contributed by atoms with Crippen LogP contribution in [0.15, 0.2) is 35.6 Å². The minimum Gasteiger partial charge on any atom is -0.411 e. The third-order valence-electron chi connectivity index (χ3n) is 2.63. The van der Waals surface area contributed by atoms with Crippen LogP contribution in [0.25, 0.3) is 11.3 Å². The number of benzene rings is 1. The lowest BCUT2D eigenvalue weighted by molar-refractivity contribution is -0.137. The van der Waals surface area contributed by atoms with Crippen LogP contribution in [0.3, 0.4) is 0 Å². The number of nitrogens with zero attached hydrogens (tertiary/aromatic N) is 2. The smallest absolute Gasteiger partial charge is 0.411 e. The molecule has 0 aliphatic rings. The fourth-order valence-corrected chi connectivity index (χ4v) is 2.10. The summed E-state index contributed by atoms with van der Waals surface area (Å²) in [5.41, 5.74) is 0.0822. The molecular formula is C13H7Cl2F3N2O. The molecule has 0 atom stereocenters. The maximum Gasteiger partial charge on any atom is 0.417 e. The number of hydrogen-bond acceptors (Lipinski definition) is 3. The highest BCUT2D eigenvalue weighted by molar-refractivity contribution is 6.34. The van der Waals surface area contributed by atoms with Gasteiger partial charge in [0, 0.05) is 22.3 Å². The molecule has 8 heteroatoms. The summed E-state index contributed by atoms with van der Waals surface area (Å²) in [6, 6.07) is 5.37. The van der Waals surface area contributed by atoms with Crippen molar-refractivity contribution in [3.8, 4) is 11.3 Å². The second-order valence-corrected chi connectivity index (χ2v) is 4.85. The second kappa shape index (κ2) is 5.91. The van der Waals surface area contributed by atoms with Crippen molar-refractivity contribution >= 4 is 29.4 Å². The Hall–Kier alpha value is -1.79. The Balaban J connectivity index is 2.50. The van der Waals surface area contributed by atoms with Crippen LogP contribution in [0.1, 0.15) is 11.1 Å². The molecule has 1 N–H and O–H groups in total. The fourth-order valence-electron chi connectivity index (χ4n) is 1.66. The molecule has 1 aromatic carbocycles. The van der Waals surface area contributed by atoms with Crippen LogP contribution in [0.4, 0.5) is 13.2 Å². The molecule has 0 fully saturated rings. The lowest BCUT2D eigenvalue weighted by Crippen LogP contribution is -2.05. The van der Waals surface area contributed by atoms with Gasteiger partial charge in [-0.25, -0.2) is 0 Å². The predicted octanol–water partition coefficient (Wildman–Crippen LogP) is 4.88. The van der Waals surface area contributed by atoms with E-state index in [2.05, 4.69) is 10.1 Å². The van der Waals surface area contributed by atoms with Crippen molar-refractivity contribution in [1.82, 2.24) is 4.98 Å². The average Bonchev–Trinajstić information content (AvgIpc) is 2.40. The van der Waals surface area contributed by atoms with Crippen molar-refractivity contribution in [2.45, 2.75) is 6.18 Å². The van der Waals surface area contributed by atoms with Gasteiger partial charge in [0.2, 0.25) is 0 Å².